The first-order chi connectivity index (χ1) is 13.7. The van der Waals surface area contributed by atoms with E-state index in [0.717, 1.165) is 28.0 Å². The van der Waals surface area contributed by atoms with Gasteiger partial charge in [0.1, 0.15) is 0 Å². The molecule has 0 saturated carbocycles. The molecule has 4 rings (SSSR count). The summed E-state index contributed by atoms with van der Waals surface area (Å²) in [5, 5.41) is 7.47. The van der Waals surface area contributed by atoms with Crippen molar-refractivity contribution in [2.45, 2.75) is 0 Å². The van der Waals surface area contributed by atoms with Crippen LogP contribution in [-0.2, 0) is 0 Å². The Morgan fingerprint density at radius 3 is 2.00 bits per heavy atom. The number of benzene rings is 3. The molecule has 0 radical (unpaired) electrons. The van der Waals surface area contributed by atoms with E-state index in [0.29, 0.717) is 17.4 Å². The maximum Gasteiger partial charge on any atom is 0.227 e. The first kappa shape index (κ1) is 17.6. The van der Waals surface area contributed by atoms with E-state index in [4.69, 9.17) is 9.47 Å². The summed E-state index contributed by atoms with van der Waals surface area (Å²) in [6.07, 6.45) is 1.76. The lowest BCUT2D eigenvalue weighted by Crippen LogP contribution is -1.98. The third-order valence-corrected chi connectivity index (χ3v) is 4.29. The van der Waals surface area contributed by atoms with Gasteiger partial charge in [0.15, 0.2) is 11.5 Å². The number of methoxy groups -OCH3 is 2. The molecular formula is C22H20N4O2. The van der Waals surface area contributed by atoms with Crippen LogP contribution in [0.2, 0.25) is 0 Å². The van der Waals surface area contributed by atoms with Crippen molar-refractivity contribution in [1.29, 1.82) is 0 Å². The van der Waals surface area contributed by atoms with Crippen LogP contribution in [-0.4, -0.2) is 24.2 Å². The zero-order chi connectivity index (χ0) is 19.3. The van der Waals surface area contributed by atoms with Gasteiger partial charge in [-0.3, -0.25) is 0 Å². The Morgan fingerprint density at radius 1 is 0.714 bits per heavy atom. The minimum absolute atomic E-state index is 0.517. The van der Waals surface area contributed by atoms with E-state index in [9.17, 15) is 0 Å². The maximum atomic E-state index is 5.35. The summed E-state index contributed by atoms with van der Waals surface area (Å²) in [5.74, 6) is 1.81. The minimum atomic E-state index is 0.517. The Morgan fingerprint density at radius 2 is 1.32 bits per heavy atom. The van der Waals surface area contributed by atoms with Gasteiger partial charge < -0.3 is 20.1 Å². The zero-order valence-electron chi connectivity index (χ0n) is 15.6. The van der Waals surface area contributed by atoms with E-state index in [1.165, 1.54) is 0 Å². The molecule has 0 aliphatic heterocycles. The fourth-order valence-corrected chi connectivity index (χ4v) is 2.87. The van der Waals surface area contributed by atoms with Crippen molar-refractivity contribution >= 4 is 33.9 Å². The number of fused-ring (bicyclic) bond motifs is 1. The molecule has 0 aliphatic carbocycles. The van der Waals surface area contributed by atoms with E-state index >= 15 is 0 Å². The number of rotatable bonds is 6. The maximum absolute atomic E-state index is 5.35. The van der Waals surface area contributed by atoms with Gasteiger partial charge in [0.2, 0.25) is 5.95 Å². The highest BCUT2D eigenvalue weighted by molar-refractivity contribution is 5.83. The molecule has 6 heteroatoms. The lowest BCUT2D eigenvalue weighted by Gasteiger charge is -2.11. The smallest absolute Gasteiger partial charge is 0.227 e. The van der Waals surface area contributed by atoms with Crippen molar-refractivity contribution in [1.82, 2.24) is 9.97 Å². The summed E-state index contributed by atoms with van der Waals surface area (Å²) in [5.41, 5.74) is 3.73. The topological polar surface area (TPSA) is 68.3 Å². The van der Waals surface area contributed by atoms with Gasteiger partial charge in [-0.2, -0.15) is 0 Å². The van der Waals surface area contributed by atoms with Gasteiger partial charge >= 0.3 is 0 Å². The summed E-state index contributed by atoms with van der Waals surface area (Å²) < 4.78 is 10.7. The molecule has 28 heavy (non-hydrogen) atoms. The van der Waals surface area contributed by atoms with Gasteiger partial charge in [0.05, 0.1) is 19.7 Å². The average molecular weight is 372 g/mol. The number of ether oxygens (including phenoxy) is 2. The SMILES string of the molecule is COc1cc2cnc(Nc3ccc(Nc4ccccc4)cc3)nc2cc1OC. The summed E-state index contributed by atoms with van der Waals surface area (Å²) in [7, 11) is 3.21. The highest BCUT2D eigenvalue weighted by Gasteiger charge is 2.08. The minimum Gasteiger partial charge on any atom is -0.493 e. The number of nitrogens with zero attached hydrogens (tertiary/aromatic N) is 2. The highest BCUT2D eigenvalue weighted by atomic mass is 16.5. The van der Waals surface area contributed by atoms with E-state index < -0.39 is 0 Å². The number of anilines is 4. The zero-order valence-corrected chi connectivity index (χ0v) is 15.6. The highest BCUT2D eigenvalue weighted by Crippen LogP contribution is 2.31. The van der Waals surface area contributed by atoms with E-state index in [1.807, 2.05) is 66.7 Å². The van der Waals surface area contributed by atoms with Gasteiger partial charge in [-0.25, -0.2) is 9.97 Å². The molecule has 0 unspecified atom stereocenters. The third kappa shape index (κ3) is 3.81. The average Bonchev–Trinajstić information content (AvgIpc) is 2.75. The monoisotopic (exact) mass is 372 g/mol. The van der Waals surface area contributed by atoms with Crippen molar-refractivity contribution < 1.29 is 9.47 Å². The second-order valence-corrected chi connectivity index (χ2v) is 6.15. The standard InChI is InChI=1S/C22H20N4O2/c1-27-20-12-15-14-23-22(26-19(15)13-21(20)28-2)25-18-10-8-17(9-11-18)24-16-6-4-3-5-7-16/h3-14,24H,1-2H3,(H,23,25,26). The molecule has 0 atom stereocenters. The summed E-state index contributed by atoms with van der Waals surface area (Å²) in [6, 6.07) is 21.7. The molecule has 0 fully saturated rings. The molecular weight excluding hydrogens is 352 g/mol. The number of hydrogen-bond acceptors (Lipinski definition) is 6. The first-order valence-corrected chi connectivity index (χ1v) is 8.83. The Balaban J connectivity index is 1.52. The Labute approximate surface area is 163 Å². The lowest BCUT2D eigenvalue weighted by molar-refractivity contribution is 0.356. The van der Waals surface area contributed by atoms with Crippen LogP contribution in [0.5, 0.6) is 11.5 Å². The van der Waals surface area contributed by atoms with E-state index in [2.05, 4.69) is 20.6 Å². The van der Waals surface area contributed by atoms with Gasteiger partial charge in [-0.15, -0.1) is 0 Å². The number of hydrogen-bond donors (Lipinski definition) is 2. The number of nitrogens with one attached hydrogen (secondary N) is 2. The number of aromatic nitrogens is 2. The third-order valence-electron chi connectivity index (χ3n) is 4.29. The fourth-order valence-electron chi connectivity index (χ4n) is 2.87. The Kier molecular flexibility index (Phi) is 4.93. The van der Waals surface area contributed by atoms with Crippen LogP contribution >= 0.6 is 0 Å². The lowest BCUT2D eigenvalue weighted by atomic mass is 10.2. The molecule has 0 bridgehead atoms. The molecule has 4 aromatic rings. The normalized spacial score (nSPS) is 10.5. The van der Waals surface area contributed by atoms with Crippen LogP contribution in [0.25, 0.3) is 10.9 Å². The van der Waals surface area contributed by atoms with Crippen molar-refractivity contribution in [2.24, 2.45) is 0 Å². The summed E-state index contributed by atoms with van der Waals surface area (Å²) >= 11 is 0. The molecule has 140 valence electrons. The van der Waals surface area contributed by atoms with E-state index in [-0.39, 0.29) is 0 Å². The van der Waals surface area contributed by atoms with Gasteiger partial charge in [-0.1, -0.05) is 18.2 Å². The molecule has 0 aliphatic rings. The predicted octanol–water partition coefficient (Wildman–Crippen LogP) is 5.13. The van der Waals surface area contributed by atoms with Crippen molar-refractivity contribution in [3.05, 3.63) is 72.9 Å². The number of para-hydroxylation sites is 1. The van der Waals surface area contributed by atoms with Crippen molar-refractivity contribution in [2.75, 3.05) is 24.9 Å². The van der Waals surface area contributed by atoms with Crippen LogP contribution in [0, 0.1) is 0 Å². The van der Waals surface area contributed by atoms with Gasteiger partial charge in [0, 0.05) is 34.7 Å². The molecule has 0 spiro atoms. The summed E-state index contributed by atoms with van der Waals surface area (Å²) in [6.45, 7) is 0. The van der Waals surface area contributed by atoms with Crippen LogP contribution < -0.4 is 20.1 Å². The quantitative estimate of drug-likeness (QED) is 0.489. The Bertz CT molecular complexity index is 1080. The second-order valence-electron chi connectivity index (χ2n) is 6.15. The van der Waals surface area contributed by atoms with E-state index in [1.54, 1.807) is 20.4 Å². The second kappa shape index (κ2) is 7.84. The Hall–Kier alpha value is -3.80. The fraction of sp³-hybridized carbons (Fsp3) is 0.0909. The molecule has 0 saturated heterocycles. The predicted molar refractivity (Wildman–Crippen MR) is 112 cm³/mol. The molecule has 3 aromatic carbocycles. The van der Waals surface area contributed by atoms with Crippen molar-refractivity contribution in [3.63, 3.8) is 0 Å². The largest absolute Gasteiger partial charge is 0.493 e. The van der Waals surface area contributed by atoms with Crippen molar-refractivity contribution in [3.8, 4) is 11.5 Å². The molecule has 1 heterocycles. The molecule has 6 nitrogen and oxygen atoms in total. The van der Waals surface area contributed by atoms with Crippen LogP contribution in [0.15, 0.2) is 72.9 Å². The van der Waals surface area contributed by atoms with Crippen LogP contribution in [0.4, 0.5) is 23.0 Å². The molecule has 0 amide bonds. The molecule has 1 aromatic heterocycles. The van der Waals surface area contributed by atoms with Gasteiger partial charge in [-0.05, 0) is 42.5 Å². The van der Waals surface area contributed by atoms with Gasteiger partial charge in [0.25, 0.3) is 0 Å². The van der Waals surface area contributed by atoms with Crippen LogP contribution in [0.1, 0.15) is 0 Å². The first-order valence-electron chi connectivity index (χ1n) is 8.83. The molecule has 2 N–H and O–H groups in total. The summed E-state index contributed by atoms with van der Waals surface area (Å²) in [4.78, 5) is 8.96. The van der Waals surface area contributed by atoms with Crippen LogP contribution in [0.3, 0.4) is 0 Å².